The summed E-state index contributed by atoms with van der Waals surface area (Å²) in [4.78, 5) is 14.1. The lowest BCUT2D eigenvalue weighted by Crippen LogP contribution is -2.38. The molecule has 1 N–H and O–H groups in total. The average Bonchev–Trinajstić information content (AvgIpc) is 3.10. The van der Waals surface area contributed by atoms with Crippen molar-refractivity contribution in [3.8, 4) is 0 Å². The number of hydrogen-bond donors (Lipinski definition) is 1. The van der Waals surface area contributed by atoms with Crippen molar-refractivity contribution in [1.82, 2.24) is 4.90 Å². The van der Waals surface area contributed by atoms with Gasteiger partial charge in [0.25, 0.3) is 0 Å². The van der Waals surface area contributed by atoms with Crippen molar-refractivity contribution in [3.05, 3.63) is 35.4 Å². The molecule has 0 bridgehead atoms. The monoisotopic (exact) mass is 281 g/mol. The van der Waals surface area contributed by atoms with E-state index in [0.717, 1.165) is 18.9 Å². The van der Waals surface area contributed by atoms with Crippen molar-refractivity contribution in [2.75, 3.05) is 13.2 Å². The summed E-state index contributed by atoms with van der Waals surface area (Å²) in [5.74, 6) is -1.85. The van der Waals surface area contributed by atoms with Crippen LogP contribution in [-0.4, -0.2) is 35.1 Å². The minimum atomic E-state index is -0.866. The number of benzene rings is 1. The highest BCUT2D eigenvalue weighted by Crippen LogP contribution is 2.49. The van der Waals surface area contributed by atoms with E-state index in [0.29, 0.717) is 18.5 Å². The Kier molecular flexibility index (Phi) is 3.46. The van der Waals surface area contributed by atoms with Crippen molar-refractivity contribution in [2.45, 2.75) is 31.2 Å². The Morgan fingerprint density at radius 1 is 1.35 bits per heavy atom. The van der Waals surface area contributed by atoms with Crippen molar-refractivity contribution in [2.24, 2.45) is 5.92 Å². The molecule has 0 unspecified atom stereocenters. The summed E-state index contributed by atoms with van der Waals surface area (Å²) >= 11 is 0. The summed E-state index contributed by atoms with van der Waals surface area (Å²) in [7, 11) is 0. The first kappa shape index (κ1) is 13.5. The summed E-state index contributed by atoms with van der Waals surface area (Å²) in [6, 6.07) is 3.76. The third-order valence-corrected chi connectivity index (χ3v) is 4.35. The minimum absolute atomic E-state index is 0.00565. The predicted octanol–water partition coefficient (Wildman–Crippen LogP) is 2.05. The van der Waals surface area contributed by atoms with Crippen molar-refractivity contribution in [1.29, 1.82) is 0 Å². The summed E-state index contributed by atoms with van der Waals surface area (Å²) < 4.78 is 26.1. The van der Waals surface area contributed by atoms with E-state index in [1.165, 1.54) is 6.07 Å². The van der Waals surface area contributed by atoms with E-state index in [1.54, 1.807) is 11.0 Å². The number of aliphatic hydroxyl groups is 1. The maximum absolute atomic E-state index is 13.2. The van der Waals surface area contributed by atoms with Gasteiger partial charge >= 0.3 is 0 Å². The molecule has 5 heteroatoms. The largest absolute Gasteiger partial charge is 0.394 e. The number of amides is 1. The van der Waals surface area contributed by atoms with E-state index < -0.39 is 11.6 Å². The second-order valence-electron chi connectivity index (χ2n) is 5.63. The van der Waals surface area contributed by atoms with Gasteiger partial charge in [-0.1, -0.05) is 6.07 Å². The smallest absolute Gasteiger partial charge is 0.226 e. The van der Waals surface area contributed by atoms with Crippen LogP contribution in [0.15, 0.2) is 18.2 Å². The molecule has 20 heavy (non-hydrogen) atoms. The van der Waals surface area contributed by atoms with Gasteiger partial charge in [0, 0.05) is 12.5 Å². The number of likely N-dealkylation sites (tertiary alicyclic amines) is 1. The van der Waals surface area contributed by atoms with E-state index in [4.69, 9.17) is 0 Å². The molecule has 1 aliphatic carbocycles. The van der Waals surface area contributed by atoms with Crippen LogP contribution in [0.4, 0.5) is 8.78 Å². The van der Waals surface area contributed by atoms with Crippen LogP contribution in [-0.2, 0) is 4.79 Å². The van der Waals surface area contributed by atoms with E-state index in [1.807, 2.05) is 0 Å². The van der Waals surface area contributed by atoms with Crippen LogP contribution in [0.3, 0.4) is 0 Å². The molecule has 1 amide bonds. The van der Waals surface area contributed by atoms with Crippen molar-refractivity contribution >= 4 is 5.91 Å². The third kappa shape index (κ3) is 2.30. The lowest BCUT2D eigenvalue weighted by atomic mass is 10.1. The first-order valence-electron chi connectivity index (χ1n) is 6.98. The highest BCUT2D eigenvalue weighted by molar-refractivity contribution is 5.83. The molecule has 0 radical (unpaired) electrons. The van der Waals surface area contributed by atoms with Gasteiger partial charge in [0.15, 0.2) is 11.6 Å². The highest BCUT2D eigenvalue weighted by Gasteiger charge is 2.47. The second-order valence-corrected chi connectivity index (χ2v) is 5.63. The number of halogens is 2. The lowest BCUT2D eigenvalue weighted by Gasteiger charge is -2.23. The van der Waals surface area contributed by atoms with Gasteiger partial charge in [0.1, 0.15) is 0 Å². The van der Waals surface area contributed by atoms with Crippen molar-refractivity contribution < 1.29 is 18.7 Å². The Morgan fingerprint density at radius 3 is 2.85 bits per heavy atom. The van der Waals surface area contributed by atoms with E-state index in [2.05, 4.69) is 0 Å². The molecule has 108 valence electrons. The summed E-state index contributed by atoms with van der Waals surface area (Å²) in [5, 5.41) is 9.25. The van der Waals surface area contributed by atoms with Crippen LogP contribution in [0, 0.1) is 17.6 Å². The molecule has 2 aliphatic rings. The molecule has 1 aliphatic heterocycles. The molecule has 3 nitrogen and oxygen atoms in total. The number of hydrogen-bond acceptors (Lipinski definition) is 2. The van der Waals surface area contributed by atoms with Gasteiger partial charge in [-0.25, -0.2) is 8.78 Å². The van der Waals surface area contributed by atoms with Crippen LogP contribution >= 0.6 is 0 Å². The van der Waals surface area contributed by atoms with Gasteiger partial charge in [-0.05, 0) is 42.9 Å². The van der Waals surface area contributed by atoms with Gasteiger partial charge < -0.3 is 10.0 Å². The van der Waals surface area contributed by atoms with Gasteiger partial charge in [0.05, 0.1) is 12.6 Å². The highest BCUT2D eigenvalue weighted by atomic mass is 19.2. The fraction of sp³-hybridized carbons (Fsp3) is 0.533. The van der Waals surface area contributed by atoms with Gasteiger partial charge in [-0.15, -0.1) is 0 Å². The van der Waals surface area contributed by atoms with Gasteiger partial charge in [-0.3, -0.25) is 4.79 Å². The zero-order chi connectivity index (χ0) is 14.3. The zero-order valence-corrected chi connectivity index (χ0v) is 11.1. The molecule has 0 aromatic heterocycles. The minimum Gasteiger partial charge on any atom is -0.394 e. The van der Waals surface area contributed by atoms with Gasteiger partial charge in [-0.2, -0.15) is 0 Å². The predicted molar refractivity (Wildman–Crippen MR) is 69.0 cm³/mol. The summed E-state index contributed by atoms with van der Waals surface area (Å²) in [6.07, 6.45) is 2.43. The normalized spacial score (nSPS) is 28.8. The van der Waals surface area contributed by atoms with Crippen molar-refractivity contribution in [3.63, 3.8) is 0 Å². The van der Waals surface area contributed by atoms with E-state index >= 15 is 0 Å². The van der Waals surface area contributed by atoms with Crippen LogP contribution < -0.4 is 0 Å². The first-order chi connectivity index (χ1) is 9.61. The van der Waals surface area contributed by atoms with Crippen LogP contribution in [0.2, 0.25) is 0 Å². The first-order valence-corrected chi connectivity index (χ1v) is 6.98. The number of rotatable bonds is 3. The quantitative estimate of drug-likeness (QED) is 0.921. The van der Waals surface area contributed by atoms with Crippen LogP contribution in [0.25, 0.3) is 0 Å². The average molecular weight is 281 g/mol. The summed E-state index contributed by atoms with van der Waals surface area (Å²) in [5.41, 5.74) is 0.682. The number of nitrogens with zero attached hydrogens (tertiary/aromatic N) is 1. The Morgan fingerprint density at radius 2 is 2.15 bits per heavy atom. The summed E-state index contributed by atoms with van der Waals surface area (Å²) in [6.45, 7) is 0.680. The molecule has 3 rings (SSSR count). The third-order valence-electron chi connectivity index (χ3n) is 4.35. The Hall–Kier alpha value is -1.49. The Bertz CT molecular complexity index is 535. The number of carbonyl (C=O) groups excluding carboxylic acids is 1. The lowest BCUT2D eigenvalue weighted by molar-refractivity contribution is -0.134. The molecule has 1 saturated heterocycles. The maximum atomic E-state index is 13.2. The SMILES string of the molecule is O=C([C@@H]1C[C@@H]1c1ccc(F)c(F)c1)N1CCC[C@@H]1CO. The topological polar surface area (TPSA) is 40.5 Å². The Labute approximate surface area is 116 Å². The molecule has 0 spiro atoms. The van der Waals surface area contributed by atoms with E-state index in [9.17, 15) is 18.7 Å². The second kappa shape index (κ2) is 5.13. The Balaban J connectivity index is 1.69. The fourth-order valence-electron chi connectivity index (χ4n) is 3.11. The van der Waals surface area contributed by atoms with E-state index in [-0.39, 0.29) is 30.4 Å². The zero-order valence-electron chi connectivity index (χ0n) is 11.1. The molecule has 1 heterocycles. The maximum Gasteiger partial charge on any atom is 0.226 e. The van der Waals surface area contributed by atoms with Gasteiger partial charge in [0.2, 0.25) is 5.91 Å². The van der Waals surface area contributed by atoms with Crippen LogP contribution in [0.1, 0.15) is 30.7 Å². The fourth-order valence-corrected chi connectivity index (χ4v) is 3.11. The molecule has 3 atom stereocenters. The number of carbonyl (C=O) groups is 1. The molecule has 1 aromatic carbocycles. The molecular formula is C15H17F2NO2. The molecule has 1 aromatic rings. The van der Waals surface area contributed by atoms with Crippen LogP contribution in [0.5, 0.6) is 0 Å². The number of aliphatic hydroxyl groups excluding tert-OH is 1. The molecule has 1 saturated carbocycles. The standard InChI is InChI=1S/C15H17F2NO2/c16-13-4-3-9(6-14(13)17)11-7-12(11)15(20)18-5-1-2-10(18)8-19/h3-4,6,10-12,19H,1-2,5,7-8H2/t10-,11-,12-/m1/s1. The molecular weight excluding hydrogens is 264 g/mol. The molecule has 2 fully saturated rings.